The van der Waals surface area contributed by atoms with Crippen molar-refractivity contribution >= 4 is 23.6 Å². The number of Topliss-reactive ketones (excluding diaryl/α,β-unsaturated/α-hetero) is 1. The number of benzene rings is 1. The molecule has 1 atom stereocenters. The Morgan fingerprint density at radius 1 is 1.00 bits per heavy atom. The average Bonchev–Trinajstić information content (AvgIpc) is 3.30. The number of unbranched alkanes of at least 4 members (excludes halogenated alkanes) is 1. The number of para-hydroxylation sites is 2. The summed E-state index contributed by atoms with van der Waals surface area (Å²) in [5, 5.41) is 8.43. The summed E-state index contributed by atoms with van der Waals surface area (Å²) in [6, 6.07) is 5.85. The minimum absolute atomic E-state index is 0.0553. The van der Waals surface area contributed by atoms with E-state index in [1.165, 1.54) is 0 Å². The van der Waals surface area contributed by atoms with Gasteiger partial charge in [-0.15, -0.1) is 0 Å². The molecule has 4 rings (SSSR count). The van der Waals surface area contributed by atoms with E-state index in [9.17, 15) is 19.2 Å². The summed E-state index contributed by atoms with van der Waals surface area (Å²) < 4.78 is 17.0. The van der Waals surface area contributed by atoms with Crippen LogP contribution in [0.2, 0.25) is 0 Å². The molecule has 1 aromatic rings. The normalized spacial score (nSPS) is 20.0. The Morgan fingerprint density at radius 3 is 2.26 bits per heavy atom. The number of morpholine rings is 1. The van der Waals surface area contributed by atoms with Crippen LogP contribution >= 0.6 is 0 Å². The summed E-state index contributed by atoms with van der Waals surface area (Å²) in [5.74, 6) is -2.01. The van der Waals surface area contributed by atoms with E-state index in [0.717, 1.165) is 25.7 Å². The molecule has 0 aromatic heterocycles. The molecule has 39 heavy (non-hydrogen) atoms. The zero-order valence-electron chi connectivity index (χ0n) is 22.9. The fourth-order valence-corrected chi connectivity index (χ4v) is 5.25. The molecule has 214 valence electrons. The molecule has 2 fully saturated rings. The van der Waals surface area contributed by atoms with Crippen LogP contribution in [-0.2, 0) is 19.1 Å². The first-order valence-electron chi connectivity index (χ1n) is 14.0. The standard InChI is InChI=1S/C28H40N4O7/c1-3-4-10-20(23(33)24(34)29-19-27(2)38-21-11-6-7-12-22(21)39-27)30-25(35)28(13-8-5-9-14-28)31-26(36)32-15-17-37-18-16-32/h6-7,11-12,20H,3-5,8-10,13-19H2,1-2H3,(H,29,34)(H,30,35)(H,31,36)/t20-/m0/s1. The number of hydrogen-bond acceptors (Lipinski definition) is 7. The van der Waals surface area contributed by atoms with Crippen molar-refractivity contribution in [1.82, 2.24) is 20.9 Å². The van der Waals surface area contributed by atoms with E-state index in [4.69, 9.17) is 14.2 Å². The number of carbonyl (C=O) groups is 4. The lowest BCUT2D eigenvalue weighted by Gasteiger charge is -2.39. The number of fused-ring (bicyclic) bond motifs is 1. The maximum absolute atomic E-state index is 13.7. The van der Waals surface area contributed by atoms with Crippen LogP contribution in [0.15, 0.2) is 24.3 Å². The third-order valence-electron chi connectivity index (χ3n) is 7.55. The monoisotopic (exact) mass is 544 g/mol. The summed E-state index contributed by atoms with van der Waals surface area (Å²) >= 11 is 0. The van der Waals surface area contributed by atoms with Crippen LogP contribution in [-0.4, -0.2) is 78.7 Å². The molecular weight excluding hydrogens is 504 g/mol. The van der Waals surface area contributed by atoms with Gasteiger partial charge in [0.05, 0.1) is 25.8 Å². The second-order valence-corrected chi connectivity index (χ2v) is 10.7. The quantitative estimate of drug-likeness (QED) is 0.385. The first-order valence-corrected chi connectivity index (χ1v) is 14.0. The van der Waals surface area contributed by atoms with Crippen molar-refractivity contribution in [2.75, 3.05) is 32.8 Å². The molecule has 0 bridgehead atoms. The van der Waals surface area contributed by atoms with E-state index in [1.54, 1.807) is 24.0 Å². The van der Waals surface area contributed by atoms with Crippen LogP contribution in [0.3, 0.4) is 0 Å². The van der Waals surface area contributed by atoms with E-state index < -0.39 is 35.0 Å². The number of urea groups is 1. The highest BCUT2D eigenvalue weighted by Crippen LogP contribution is 2.38. The second kappa shape index (κ2) is 12.7. The lowest BCUT2D eigenvalue weighted by molar-refractivity contribution is -0.142. The van der Waals surface area contributed by atoms with Crippen molar-refractivity contribution in [2.24, 2.45) is 0 Å². The summed E-state index contributed by atoms with van der Waals surface area (Å²) in [5.41, 5.74) is -1.13. The molecule has 0 unspecified atom stereocenters. The van der Waals surface area contributed by atoms with Gasteiger partial charge in [0.15, 0.2) is 11.5 Å². The highest BCUT2D eigenvalue weighted by atomic mass is 16.7. The highest BCUT2D eigenvalue weighted by Gasteiger charge is 2.44. The van der Waals surface area contributed by atoms with Crippen LogP contribution in [0.4, 0.5) is 4.79 Å². The molecule has 1 saturated carbocycles. The molecule has 4 amide bonds. The zero-order valence-corrected chi connectivity index (χ0v) is 22.9. The largest absolute Gasteiger partial charge is 0.447 e. The molecule has 0 radical (unpaired) electrons. The van der Waals surface area contributed by atoms with Gasteiger partial charge < -0.3 is 35.1 Å². The molecular formula is C28H40N4O7. The third kappa shape index (κ3) is 7.00. The van der Waals surface area contributed by atoms with Crippen molar-refractivity contribution < 1.29 is 33.4 Å². The minimum atomic E-state index is -1.16. The Bertz CT molecular complexity index is 1030. The lowest BCUT2D eigenvalue weighted by Crippen LogP contribution is -2.64. The van der Waals surface area contributed by atoms with E-state index in [2.05, 4.69) is 16.0 Å². The van der Waals surface area contributed by atoms with Crippen LogP contribution in [0.1, 0.15) is 65.2 Å². The van der Waals surface area contributed by atoms with Crippen LogP contribution < -0.4 is 25.4 Å². The maximum Gasteiger partial charge on any atom is 0.318 e. The molecule has 3 aliphatic rings. The van der Waals surface area contributed by atoms with Crippen molar-refractivity contribution in [3.05, 3.63) is 24.3 Å². The number of hydrogen-bond donors (Lipinski definition) is 3. The molecule has 11 nitrogen and oxygen atoms in total. The van der Waals surface area contributed by atoms with Crippen molar-refractivity contribution in [2.45, 2.75) is 82.6 Å². The third-order valence-corrected chi connectivity index (χ3v) is 7.55. The van der Waals surface area contributed by atoms with Crippen LogP contribution in [0, 0.1) is 0 Å². The fourth-order valence-electron chi connectivity index (χ4n) is 5.25. The summed E-state index contributed by atoms with van der Waals surface area (Å²) in [6.45, 7) is 5.42. The predicted molar refractivity (Wildman–Crippen MR) is 142 cm³/mol. The van der Waals surface area contributed by atoms with E-state index in [1.807, 2.05) is 19.1 Å². The second-order valence-electron chi connectivity index (χ2n) is 10.7. The first-order chi connectivity index (χ1) is 18.8. The van der Waals surface area contributed by atoms with Crippen LogP contribution in [0.25, 0.3) is 0 Å². The number of ether oxygens (including phenoxy) is 3. The average molecular weight is 545 g/mol. The Balaban J connectivity index is 1.40. The van der Waals surface area contributed by atoms with Crippen molar-refractivity contribution in [1.29, 1.82) is 0 Å². The molecule has 2 heterocycles. The molecule has 3 N–H and O–H groups in total. The lowest BCUT2D eigenvalue weighted by atomic mass is 9.80. The number of rotatable bonds is 10. The Kier molecular flexibility index (Phi) is 9.32. The number of nitrogens with zero attached hydrogens (tertiary/aromatic N) is 1. The van der Waals surface area contributed by atoms with Gasteiger partial charge >= 0.3 is 6.03 Å². The number of nitrogens with one attached hydrogen (secondary N) is 3. The predicted octanol–water partition coefficient (Wildman–Crippen LogP) is 2.28. The van der Waals surface area contributed by atoms with Gasteiger partial charge in [-0.2, -0.15) is 0 Å². The van der Waals surface area contributed by atoms with E-state index >= 15 is 0 Å². The van der Waals surface area contributed by atoms with Gasteiger partial charge in [-0.1, -0.05) is 51.2 Å². The molecule has 1 saturated heterocycles. The van der Waals surface area contributed by atoms with Crippen molar-refractivity contribution in [3.63, 3.8) is 0 Å². The van der Waals surface area contributed by atoms with Gasteiger partial charge in [-0.05, 0) is 31.4 Å². The summed E-state index contributed by atoms with van der Waals surface area (Å²) in [4.78, 5) is 54.5. The molecule has 11 heteroatoms. The number of amides is 4. The summed E-state index contributed by atoms with van der Waals surface area (Å²) in [6.07, 6.45) is 5.24. The molecule has 2 aliphatic heterocycles. The number of carbonyl (C=O) groups excluding carboxylic acids is 4. The summed E-state index contributed by atoms with van der Waals surface area (Å²) in [7, 11) is 0. The van der Waals surface area contributed by atoms with Gasteiger partial charge in [-0.25, -0.2) is 4.79 Å². The zero-order chi connectivity index (χ0) is 27.9. The minimum Gasteiger partial charge on any atom is -0.447 e. The highest BCUT2D eigenvalue weighted by molar-refractivity contribution is 6.38. The Hall–Kier alpha value is -3.34. The van der Waals surface area contributed by atoms with Gasteiger partial charge in [-0.3, -0.25) is 14.4 Å². The first kappa shape index (κ1) is 28.7. The SMILES string of the molecule is CCCC[C@H](NC(=O)C1(NC(=O)N2CCOCC2)CCCCC1)C(=O)C(=O)NCC1(C)Oc2ccccc2O1. The molecule has 1 aromatic carbocycles. The van der Waals surface area contributed by atoms with Gasteiger partial charge in [0.25, 0.3) is 11.7 Å². The van der Waals surface area contributed by atoms with Gasteiger partial charge in [0, 0.05) is 20.0 Å². The van der Waals surface area contributed by atoms with Crippen molar-refractivity contribution in [3.8, 4) is 11.5 Å². The van der Waals surface area contributed by atoms with Gasteiger partial charge in [0.1, 0.15) is 5.54 Å². The van der Waals surface area contributed by atoms with Gasteiger partial charge in [0.2, 0.25) is 11.7 Å². The Morgan fingerprint density at radius 2 is 1.64 bits per heavy atom. The maximum atomic E-state index is 13.7. The Labute approximate surface area is 229 Å². The molecule has 1 aliphatic carbocycles. The van der Waals surface area contributed by atoms with E-state index in [-0.39, 0.29) is 12.6 Å². The van der Waals surface area contributed by atoms with E-state index in [0.29, 0.717) is 63.5 Å². The molecule has 0 spiro atoms. The van der Waals surface area contributed by atoms with Crippen LogP contribution in [0.5, 0.6) is 11.5 Å². The smallest absolute Gasteiger partial charge is 0.318 e. The topological polar surface area (TPSA) is 135 Å². The fraction of sp³-hybridized carbons (Fsp3) is 0.643. The number of ketones is 1.